The van der Waals surface area contributed by atoms with E-state index >= 15 is 0 Å². The van der Waals surface area contributed by atoms with E-state index in [4.69, 9.17) is 0 Å². The minimum Gasteiger partial charge on any atom is -0.286 e. The van der Waals surface area contributed by atoms with E-state index in [1.54, 1.807) is 0 Å². The smallest absolute Gasteiger partial charge is 0.0628 e. The molecule has 236 valence electrons. The van der Waals surface area contributed by atoms with Crippen LogP contribution in [-0.4, -0.2) is 49.3 Å². The summed E-state index contributed by atoms with van der Waals surface area (Å²) in [6, 6.07) is 0. The van der Waals surface area contributed by atoms with Crippen LogP contribution in [0.3, 0.4) is 0 Å². The molecule has 9 rings (SSSR count). The molecule has 0 amide bonds. The molecule has 10 heteroatoms. The van der Waals surface area contributed by atoms with Crippen molar-refractivity contribution in [3.05, 3.63) is 0 Å². The fraction of sp³-hybridized carbons (Fsp3) is 1.00. The second kappa shape index (κ2) is 13.1. The zero-order chi connectivity index (χ0) is 26.2. The van der Waals surface area contributed by atoms with Crippen LogP contribution in [0.25, 0.3) is 0 Å². The summed E-state index contributed by atoms with van der Waals surface area (Å²) < 4.78 is 0. The van der Waals surface area contributed by atoms with E-state index < -0.39 is 0 Å². The van der Waals surface area contributed by atoms with Crippen LogP contribution in [0.2, 0.25) is 0 Å². The van der Waals surface area contributed by atoms with Gasteiger partial charge in [0.15, 0.2) is 0 Å². The molecule has 9 aliphatic rings. The van der Waals surface area contributed by atoms with Crippen molar-refractivity contribution in [3.63, 3.8) is 0 Å². The van der Waals surface area contributed by atoms with Crippen molar-refractivity contribution in [3.8, 4) is 0 Å². The van der Waals surface area contributed by atoms with Gasteiger partial charge < -0.3 is 0 Å². The minimum atomic E-state index is 0. The van der Waals surface area contributed by atoms with Crippen molar-refractivity contribution < 1.29 is 36.0 Å². The van der Waals surface area contributed by atoms with Crippen LogP contribution in [0.1, 0.15) is 103 Å². The quantitative estimate of drug-likeness (QED) is 0.186. The first-order valence-electron chi connectivity index (χ1n) is 17.9. The summed E-state index contributed by atoms with van der Waals surface area (Å²) in [5, 5.41) is 33.8. The number of hydrogen-bond acceptors (Lipinski definition) is 8. The predicted molar refractivity (Wildman–Crippen MR) is 157 cm³/mol. The van der Waals surface area contributed by atoms with E-state index in [9.17, 15) is 0 Å². The van der Waals surface area contributed by atoms with Crippen molar-refractivity contribution >= 4 is 0 Å². The summed E-state index contributed by atoms with van der Waals surface area (Å²) in [6.07, 6.45) is 25.6. The van der Waals surface area contributed by atoms with Gasteiger partial charge in [-0.15, -0.1) is 0 Å². The standard InChI is InChI=1S/C32H56N8.Ni.Zn/c1-2-10-18-17(9-1)25-33-26(18)38-28-21-13-5-6-14-22(21)30(35-28)40-32-24-16-8-7-15-23(24)31(36-32)39-29-20-12-4-3-11-19(20)27(34-29)37-25;;/h17-40H,1-16H2;;. The molecule has 4 saturated carbocycles. The van der Waals surface area contributed by atoms with Gasteiger partial charge in [0.1, 0.15) is 0 Å². The molecule has 5 heterocycles. The molecule has 8 unspecified atom stereocenters. The van der Waals surface area contributed by atoms with Gasteiger partial charge in [0, 0.05) is 36.0 Å². The van der Waals surface area contributed by atoms with Gasteiger partial charge in [-0.1, -0.05) is 51.4 Å². The molecule has 42 heavy (non-hydrogen) atoms. The Morgan fingerprint density at radius 3 is 0.476 bits per heavy atom. The van der Waals surface area contributed by atoms with Crippen LogP contribution >= 0.6 is 0 Å². The first-order valence-corrected chi connectivity index (χ1v) is 17.9. The number of rotatable bonds is 0. The van der Waals surface area contributed by atoms with Crippen molar-refractivity contribution in [2.24, 2.45) is 47.3 Å². The molecule has 5 saturated heterocycles. The molecular formula is C32H56N8NiZn. The summed E-state index contributed by atoms with van der Waals surface area (Å²) in [7, 11) is 0. The summed E-state index contributed by atoms with van der Waals surface area (Å²) >= 11 is 0. The Balaban J connectivity index is 0.00000144. The van der Waals surface area contributed by atoms with Crippen molar-refractivity contribution in [2.45, 2.75) is 152 Å². The second-order valence-corrected chi connectivity index (χ2v) is 15.6. The van der Waals surface area contributed by atoms with Gasteiger partial charge in [-0.05, 0) is 98.7 Å². The average molecular weight is 677 g/mol. The van der Waals surface area contributed by atoms with Crippen LogP contribution in [-0.2, 0) is 36.0 Å². The van der Waals surface area contributed by atoms with Gasteiger partial charge in [-0.3, -0.25) is 42.5 Å². The van der Waals surface area contributed by atoms with Crippen LogP contribution in [0.15, 0.2) is 0 Å². The van der Waals surface area contributed by atoms with Gasteiger partial charge in [0.25, 0.3) is 0 Å². The molecule has 5 aliphatic heterocycles. The third-order valence-corrected chi connectivity index (χ3v) is 13.8. The van der Waals surface area contributed by atoms with Gasteiger partial charge in [0.2, 0.25) is 0 Å². The van der Waals surface area contributed by atoms with Crippen LogP contribution in [0, 0.1) is 47.3 Å². The normalized spacial score (nSPS) is 54.9. The molecule has 4 aliphatic carbocycles. The Morgan fingerprint density at radius 1 is 0.238 bits per heavy atom. The Bertz CT molecular complexity index is 723. The largest absolute Gasteiger partial charge is 0.286 e. The van der Waals surface area contributed by atoms with Crippen molar-refractivity contribution in [1.29, 1.82) is 0 Å². The van der Waals surface area contributed by atoms with E-state index in [1.165, 1.54) is 103 Å². The van der Waals surface area contributed by atoms with Gasteiger partial charge in [0.05, 0.1) is 49.3 Å². The van der Waals surface area contributed by atoms with E-state index in [0.717, 1.165) is 47.3 Å². The maximum Gasteiger partial charge on any atom is 0.0628 e. The maximum atomic E-state index is 4.26. The van der Waals surface area contributed by atoms with Crippen LogP contribution < -0.4 is 42.5 Å². The minimum absolute atomic E-state index is 0. The van der Waals surface area contributed by atoms with Crippen LogP contribution in [0.5, 0.6) is 0 Å². The van der Waals surface area contributed by atoms with E-state index in [2.05, 4.69) is 42.5 Å². The predicted octanol–water partition coefficient (Wildman–Crippen LogP) is 2.60. The summed E-state index contributed by atoms with van der Waals surface area (Å²) in [5.41, 5.74) is 0. The van der Waals surface area contributed by atoms with Gasteiger partial charge in [-0.2, -0.15) is 0 Å². The second-order valence-electron chi connectivity index (χ2n) is 15.6. The monoisotopic (exact) mass is 674 g/mol. The number of hydrogen-bond donors (Lipinski definition) is 8. The Morgan fingerprint density at radius 2 is 0.357 bits per heavy atom. The average Bonchev–Trinajstić information content (AvgIpc) is 3.73. The van der Waals surface area contributed by atoms with Gasteiger partial charge in [-0.25, -0.2) is 0 Å². The third-order valence-electron chi connectivity index (χ3n) is 13.8. The fourth-order valence-corrected chi connectivity index (χ4v) is 12.0. The molecule has 0 aromatic heterocycles. The maximum absolute atomic E-state index is 4.26. The van der Waals surface area contributed by atoms with E-state index in [1.807, 2.05) is 0 Å². The molecular weight excluding hydrogens is 620 g/mol. The summed E-state index contributed by atoms with van der Waals surface area (Å²) in [6.45, 7) is 0. The zero-order valence-corrected chi connectivity index (χ0v) is 29.5. The Hall–Kier alpha value is 0.797. The SMILES string of the molecule is C1CCC2C3NC(NC4NC(NC5NC(NC6NC(N3)C3CCCCC63)C3CCCCC53)C3CCCCC43)C2C1.[Ni].[Zn]. The Kier molecular flexibility index (Phi) is 9.81. The van der Waals surface area contributed by atoms with Crippen molar-refractivity contribution in [2.75, 3.05) is 0 Å². The molecule has 0 aromatic rings. The molecule has 0 spiro atoms. The fourth-order valence-electron chi connectivity index (χ4n) is 12.0. The van der Waals surface area contributed by atoms with Crippen molar-refractivity contribution in [1.82, 2.24) is 42.5 Å². The molecule has 8 nitrogen and oxygen atoms in total. The third kappa shape index (κ3) is 5.46. The Labute approximate surface area is 276 Å². The first-order chi connectivity index (χ1) is 19.8. The molecule has 0 aromatic carbocycles. The van der Waals surface area contributed by atoms with Crippen LogP contribution in [0.4, 0.5) is 0 Å². The zero-order valence-electron chi connectivity index (χ0n) is 25.6. The molecule has 8 N–H and O–H groups in total. The molecule has 9 fully saturated rings. The number of fused-ring (bicyclic) bond motifs is 20. The topological polar surface area (TPSA) is 96.2 Å². The molecule has 0 radical (unpaired) electrons. The first kappa shape index (κ1) is 31.4. The molecule has 8 atom stereocenters. The van der Waals surface area contributed by atoms with E-state index in [-0.39, 0.29) is 36.0 Å². The molecule has 8 bridgehead atoms. The van der Waals surface area contributed by atoms with Gasteiger partial charge >= 0.3 is 0 Å². The summed E-state index contributed by atoms with van der Waals surface area (Å²) in [4.78, 5) is 0. The van der Waals surface area contributed by atoms with E-state index in [0.29, 0.717) is 49.3 Å². The number of nitrogens with one attached hydrogen (secondary N) is 8. The summed E-state index contributed by atoms with van der Waals surface area (Å²) in [5.74, 6) is 5.97.